The zero-order valence-corrected chi connectivity index (χ0v) is 20.2. The molecule has 0 fully saturated rings. The summed E-state index contributed by atoms with van der Waals surface area (Å²) in [5, 5.41) is 10.8. The summed E-state index contributed by atoms with van der Waals surface area (Å²) in [5.41, 5.74) is 1.20. The quantitative estimate of drug-likeness (QED) is 0.514. The number of sulfonamides is 1. The smallest absolute Gasteiger partial charge is 0.260 e. The summed E-state index contributed by atoms with van der Waals surface area (Å²) in [6.07, 6.45) is 1.62. The van der Waals surface area contributed by atoms with Crippen LogP contribution in [-0.4, -0.2) is 65.7 Å². The van der Waals surface area contributed by atoms with Crippen molar-refractivity contribution in [2.75, 3.05) is 32.7 Å². The molecular weight excluding hydrogens is 460 g/mol. The van der Waals surface area contributed by atoms with E-state index in [9.17, 15) is 13.2 Å². The fraction of sp³-hybridized carbons (Fsp3) is 0.364. The number of methoxy groups -OCH3 is 2. The second-order valence-corrected chi connectivity index (χ2v) is 9.92. The van der Waals surface area contributed by atoms with E-state index in [1.807, 2.05) is 18.4 Å². The van der Waals surface area contributed by atoms with E-state index in [0.29, 0.717) is 17.1 Å². The number of hydrogen-bond donors (Lipinski definition) is 1. The maximum atomic E-state index is 13.1. The van der Waals surface area contributed by atoms with Gasteiger partial charge in [-0.25, -0.2) is 13.4 Å². The lowest BCUT2D eigenvalue weighted by atomic mass is 10.1. The van der Waals surface area contributed by atoms with E-state index >= 15 is 0 Å². The molecule has 0 aliphatic carbocycles. The first-order chi connectivity index (χ1) is 16.3. The van der Waals surface area contributed by atoms with Crippen LogP contribution in [-0.2, 0) is 21.3 Å². The first-order valence-corrected chi connectivity index (χ1v) is 12.1. The average molecular weight is 487 g/mol. The SMILES string of the molecule is COCCN1Cc2cc(OC)c(C(=O)Nc3cccc(-c4nncn4C(C)C)n3)cc2S1(=O)=O. The summed E-state index contributed by atoms with van der Waals surface area (Å²) >= 11 is 0. The number of fused-ring (bicyclic) bond motifs is 1. The van der Waals surface area contributed by atoms with Crippen LogP contribution in [0.2, 0.25) is 0 Å². The van der Waals surface area contributed by atoms with Gasteiger partial charge < -0.3 is 19.4 Å². The van der Waals surface area contributed by atoms with Crippen molar-refractivity contribution in [1.29, 1.82) is 0 Å². The van der Waals surface area contributed by atoms with Crippen LogP contribution in [0, 0.1) is 0 Å². The lowest BCUT2D eigenvalue weighted by Crippen LogP contribution is -2.27. The van der Waals surface area contributed by atoms with Crippen LogP contribution in [0.3, 0.4) is 0 Å². The number of anilines is 1. The van der Waals surface area contributed by atoms with Crippen molar-refractivity contribution in [3.63, 3.8) is 0 Å². The fourth-order valence-electron chi connectivity index (χ4n) is 3.73. The molecule has 1 amide bonds. The van der Waals surface area contributed by atoms with Crippen molar-refractivity contribution in [3.8, 4) is 17.3 Å². The Bertz CT molecular complexity index is 1320. The lowest BCUT2D eigenvalue weighted by Gasteiger charge is -2.13. The molecule has 4 rings (SSSR count). The number of benzene rings is 1. The van der Waals surface area contributed by atoms with Crippen LogP contribution >= 0.6 is 0 Å². The molecule has 1 aliphatic rings. The van der Waals surface area contributed by atoms with Crippen LogP contribution in [0.4, 0.5) is 5.82 Å². The van der Waals surface area contributed by atoms with Gasteiger partial charge in [0.2, 0.25) is 10.0 Å². The monoisotopic (exact) mass is 486 g/mol. The second-order valence-electron chi connectivity index (χ2n) is 8.01. The highest BCUT2D eigenvalue weighted by Crippen LogP contribution is 2.35. The number of pyridine rings is 1. The lowest BCUT2D eigenvalue weighted by molar-refractivity contribution is 0.102. The van der Waals surface area contributed by atoms with Gasteiger partial charge >= 0.3 is 0 Å². The first-order valence-electron chi connectivity index (χ1n) is 10.6. The van der Waals surface area contributed by atoms with Crippen molar-refractivity contribution in [3.05, 3.63) is 47.8 Å². The first kappa shape index (κ1) is 23.8. The van der Waals surface area contributed by atoms with Crippen molar-refractivity contribution in [2.24, 2.45) is 0 Å². The van der Waals surface area contributed by atoms with Gasteiger partial charge in [-0.05, 0) is 43.7 Å². The molecule has 0 atom stereocenters. The minimum atomic E-state index is -3.74. The summed E-state index contributed by atoms with van der Waals surface area (Å²) < 4.78 is 39.5. The normalized spacial score (nSPS) is 14.9. The molecule has 3 aromatic rings. The van der Waals surface area contributed by atoms with Gasteiger partial charge in [0.1, 0.15) is 23.6 Å². The molecule has 0 saturated carbocycles. The Morgan fingerprint density at radius 2 is 2.03 bits per heavy atom. The van der Waals surface area contributed by atoms with E-state index in [1.54, 1.807) is 30.6 Å². The Morgan fingerprint density at radius 3 is 2.74 bits per heavy atom. The van der Waals surface area contributed by atoms with Gasteiger partial charge in [0.25, 0.3) is 5.91 Å². The summed E-state index contributed by atoms with van der Waals surface area (Å²) in [7, 11) is -0.794. The van der Waals surface area contributed by atoms with Gasteiger partial charge in [-0.2, -0.15) is 4.31 Å². The summed E-state index contributed by atoms with van der Waals surface area (Å²) in [4.78, 5) is 17.7. The molecule has 2 aromatic heterocycles. The molecule has 11 nitrogen and oxygen atoms in total. The van der Waals surface area contributed by atoms with Crippen molar-refractivity contribution >= 4 is 21.7 Å². The highest BCUT2D eigenvalue weighted by Gasteiger charge is 2.36. The third-order valence-electron chi connectivity index (χ3n) is 5.49. The van der Waals surface area contributed by atoms with Crippen molar-refractivity contribution in [1.82, 2.24) is 24.1 Å². The molecule has 1 aliphatic heterocycles. The third kappa shape index (κ3) is 4.39. The number of carbonyl (C=O) groups is 1. The van der Waals surface area contributed by atoms with Gasteiger partial charge in [0.05, 0.1) is 24.2 Å². The molecule has 0 bridgehead atoms. The molecule has 1 aromatic carbocycles. The fourth-order valence-corrected chi connectivity index (χ4v) is 5.36. The minimum Gasteiger partial charge on any atom is -0.496 e. The van der Waals surface area contributed by atoms with Gasteiger partial charge in [-0.3, -0.25) is 4.79 Å². The number of aromatic nitrogens is 4. The van der Waals surface area contributed by atoms with Crippen LogP contribution in [0.25, 0.3) is 11.5 Å². The Labute approximate surface area is 197 Å². The maximum absolute atomic E-state index is 13.1. The largest absolute Gasteiger partial charge is 0.496 e. The number of rotatable bonds is 8. The number of nitrogens with zero attached hydrogens (tertiary/aromatic N) is 5. The van der Waals surface area contributed by atoms with E-state index < -0.39 is 15.9 Å². The van der Waals surface area contributed by atoms with Gasteiger partial charge in [-0.1, -0.05) is 6.07 Å². The number of ether oxygens (including phenoxy) is 2. The third-order valence-corrected chi connectivity index (χ3v) is 7.41. The molecule has 0 radical (unpaired) electrons. The zero-order chi connectivity index (χ0) is 24.5. The highest BCUT2D eigenvalue weighted by atomic mass is 32.2. The molecule has 0 saturated heterocycles. The molecule has 12 heteroatoms. The van der Waals surface area contributed by atoms with E-state index in [0.717, 1.165) is 0 Å². The number of carbonyl (C=O) groups excluding carboxylic acids is 1. The van der Waals surface area contributed by atoms with E-state index in [1.165, 1.54) is 24.6 Å². The van der Waals surface area contributed by atoms with E-state index in [2.05, 4.69) is 20.5 Å². The topological polar surface area (TPSA) is 129 Å². The van der Waals surface area contributed by atoms with Gasteiger partial charge in [0, 0.05) is 26.2 Å². The minimum absolute atomic E-state index is 0.0845. The van der Waals surface area contributed by atoms with Crippen LogP contribution in [0.5, 0.6) is 5.75 Å². The van der Waals surface area contributed by atoms with Crippen LogP contribution < -0.4 is 10.1 Å². The summed E-state index contributed by atoms with van der Waals surface area (Å²) in [6.45, 7) is 4.69. The Morgan fingerprint density at radius 1 is 1.24 bits per heavy atom. The number of nitrogens with one attached hydrogen (secondary N) is 1. The van der Waals surface area contributed by atoms with E-state index in [-0.39, 0.29) is 47.8 Å². The van der Waals surface area contributed by atoms with Crippen LogP contribution in [0.1, 0.15) is 35.8 Å². The molecule has 0 unspecified atom stereocenters. The zero-order valence-electron chi connectivity index (χ0n) is 19.3. The predicted octanol–water partition coefficient (Wildman–Crippen LogP) is 2.33. The van der Waals surface area contributed by atoms with Crippen molar-refractivity contribution < 1.29 is 22.7 Å². The number of hydrogen-bond acceptors (Lipinski definition) is 8. The average Bonchev–Trinajstić information content (AvgIpc) is 3.40. The molecule has 3 heterocycles. The molecule has 1 N–H and O–H groups in total. The highest BCUT2D eigenvalue weighted by molar-refractivity contribution is 7.89. The predicted molar refractivity (Wildman–Crippen MR) is 124 cm³/mol. The Balaban J connectivity index is 1.63. The summed E-state index contributed by atoms with van der Waals surface area (Å²) in [5.74, 6) is 0.590. The maximum Gasteiger partial charge on any atom is 0.260 e. The Hall–Kier alpha value is -3.35. The van der Waals surface area contributed by atoms with Gasteiger partial charge in [0.15, 0.2) is 5.82 Å². The number of amides is 1. The standard InChI is InChI=1S/C22H26N6O5S/c1-14(2)28-13-23-26-21(28)17-6-5-7-20(24-17)25-22(29)16-11-19-15(10-18(16)33-4)12-27(8-9-32-3)34(19,30)31/h5-7,10-11,13-14H,8-9,12H2,1-4H3,(H,24,25,29). The molecular formula is C22H26N6O5S. The summed E-state index contributed by atoms with van der Waals surface area (Å²) in [6, 6.07) is 8.23. The second kappa shape index (κ2) is 9.49. The van der Waals surface area contributed by atoms with Gasteiger partial charge in [-0.15, -0.1) is 10.2 Å². The van der Waals surface area contributed by atoms with E-state index in [4.69, 9.17) is 9.47 Å². The Kier molecular flexibility index (Phi) is 6.64. The molecule has 180 valence electrons. The molecule has 0 spiro atoms. The van der Waals surface area contributed by atoms with Crippen LogP contribution in [0.15, 0.2) is 41.6 Å². The van der Waals surface area contributed by atoms with Crippen molar-refractivity contribution in [2.45, 2.75) is 31.3 Å². The molecule has 34 heavy (non-hydrogen) atoms.